The lowest BCUT2D eigenvalue weighted by Gasteiger charge is -2.39. The zero-order valence-corrected chi connectivity index (χ0v) is 11.7. The van der Waals surface area contributed by atoms with E-state index in [0.29, 0.717) is 6.61 Å². The van der Waals surface area contributed by atoms with Crippen LogP contribution in [0.1, 0.15) is 31.9 Å². The van der Waals surface area contributed by atoms with Gasteiger partial charge in [-0.1, -0.05) is 19.1 Å². The topological polar surface area (TPSA) is 38.5 Å². The highest BCUT2D eigenvalue weighted by Crippen LogP contribution is 2.26. The number of hydrogen-bond donors (Lipinski definition) is 1. The van der Waals surface area contributed by atoms with Crippen molar-refractivity contribution in [2.75, 3.05) is 19.7 Å². The van der Waals surface area contributed by atoms with Gasteiger partial charge in [0, 0.05) is 25.2 Å². The first-order chi connectivity index (χ1) is 9.11. The van der Waals surface area contributed by atoms with Crippen LogP contribution in [0.2, 0.25) is 0 Å². The maximum absolute atomic E-state index is 13.4. The first-order valence-electron chi connectivity index (χ1n) is 6.98. The fraction of sp³-hybridized carbons (Fsp3) is 0.600. The third-order valence-electron chi connectivity index (χ3n) is 3.77. The number of rotatable bonds is 4. The molecule has 4 heteroatoms. The molecule has 2 N–H and O–H groups in total. The quantitative estimate of drug-likeness (QED) is 0.909. The summed E-state index contributed by atoms with van der Waals surface area (Å²) in [4.78, 5) is 2.35. The predicted molar refractivity (Wildman–Crippen MR) is 74.4 cm³/mol. The highest BCUT2D eigenvalue weighted by Gasteiger charge is 2.28. The summed E-state index contributed by atoms with van der Waals surface area (Å²) in [5, 5.41) is 0. The van der Waals surface area contributed by atoms with Crippen molar-refractivity contribution < 1.29 is 9.13 Å². The van der Waals surface area contributed by atoms with Gasteiger partial charge in [0.05, 0.1) is 12.7 Å². The van der Waals surface area contributed by atoms with E-state index in [9.17, 15) is 4.39 Å². The molecule has 1 heterocycles. The van der Waals surface area contributed by atoms with E-state index < -0.39 is 0 Å². The summed E-state index contributed by atoms with van der Waals surface area (Å²) in [6, 6.07) is 7.14. The molecular weight excluding hydrogens is 243 g/mol. The van der Waals surface area contributed by atoms with Gasteiger partial charge in [0.1, 0.15) is 5.82 Å². The van der Waals surface area contributed by atoms with Crippen molar-refractivity contribution >= 4 is 0 Å². The van der Waals surface area contributed by atoms with Crippen LogP contribution in [-0.2, 0) is 4.74 Å². The Bertz CT molecular complexity index is 411. The van der Waals surface area contributed by atoms with Crippen molar-refractivity contribution in [3.63, 3.8) is 0 Å². The summed E-state index contributed by atoms with van der Waals surface area (Å²) in [5.41, 5.74) is 6.96. The number of ether oxygens (including phenoxy) is 1. The van der Waals surface area contributed by atoms with Gasteiger partial charge in [-0.05, 0) is 31.0 Å². The normalized spacial score (nSPS) is 24.1. The Morgan fingerprint density at radius 3 is 2.95 bits per heavy atom. The van der Waals surface area contributed by atoms with Gasteiger partial charge in [0.2, 0.25) is 0 Å². The molecule has 1 saturated heterocycles. The summed E-state index contributed by atoms with van der Waals surface area (Å²) in [5.74, 6) is -0.173. The SMILES string of the molecule is CCC(c1cccc(F)c1)N1CCOC(C(C)N)C1. The smallest absolute Gasteiger partial charge is 0.123 e. The van der Waals surface area contributed by atoms with Gasteiger partial charge in [-0.3, -0.25) is 4.90 Å². The van der Waals surface area contributed by atoms with Crippen LogP contribution in [0.25, 0.3) is 0 Å². The minimum atomic E-state index is -0.173. The van der Waals surface area contributed by atoms with Crippen molar-refractivity contribution in [1.29, 1.82) is 0 Å². The molecule has 106 valence electrons. The predicted octanol–water partition coefficient (Wildman–Crippen LogP) is 2.32. The fourth-order valence-corrected chi connectivity index (χ4v) is 2.72. The Morgan fingerprint density at radius 1 is 1.53 bits per heavy atom. The largest absolute Gasteiger partial charge is 0.374 e. The minimum Gasteiger partial charge on any atom is -0.374 e. The molecule has 0 saturated carbocycles. The van der Waals surface area contributed by atoms with Crippen LogP contribution < -0.4 is 5.73 Å². The zero-order valence-electron chi connectivity index (χ0n) is 11.7. The third kappa shape index (κ3) is 3.53. The summed E-state index contributed by atoms with van der Waals surface area (Å²) < 4.78 is 19.1. The monoisotopic (exact) mass is 266 g/mol. The van der Waals surface area contributed by atoms with Crippen molar-refractivity contribution in [2.45, 2.75) is 38.5 Å². The Hall–Kier alpha value is -0.970. The van der Waals surface area contributed by atoms with E-state index in [4.69, 9.17) is 10.5 Å². The van der Waals surface area contributed by atoms with Crippen LogP contribution in [0.5, 0.6) is 0 Å². The van der Waals surface area contributed by atoms with Crippen molar-refractivity contribution in [2.24, 2.45) is 5.73 Å². The van der Waals surface area contributed by atoms with E-state index in [1.165, 1.54) is 6.07 Å². The summed E-state index contributed by atoms with van der Waals surface area (Å²) in [7, 11) is 0. The Balaban J connectivity index is 2.13. The molecular formula is C15H23FN2O. The molecule has 3 unspecified atom stereocenters. The molecule has 0 bridgehead atoms. The fourth-order valence-electron chi connectivity index (χ4n) is 2.72. The maximum atomic E-state index is 13.4. The zero-order chi connectivity index (χ0) is 13.8. The molecule has 3 nitrogen and oxygen atoms in total. The first kappa shape index (κ1) is 14.4. The molecule has 1 fully saturated rings. The van der Waals surface area contributed by atoms with Gasteiger partial charge >= 0.3 is 0 Å². The average molecular weight is 266 g/mol. The Morgan fingerprint density at radius 2 is 2.32 bits per heavy atom. The van der Waals surface area contributed by atoms with Crippen LogP contribution in [-0.4, -0.2) is 36.7 Å². The van der Waals surface area contributed by atoms with Crippen LogP contribution in [0.3, 0.4) is 0 Å². The van der Waals surface area contributed by atoms with Gasteiger partial charge in [0.25, 0.3) is 0 Å². The lowest BCUT2D eigenvalue weighted by Crippen LogP contribution is -2.50. The van der Waals surface area contributed by atoms with Gasteiger partial charge in [-0.25, -0.2) is 4.39 Å². The highest BCUT2D eigenvalue weighted by atomic mass is 19.1. The molecule has 0 aromatic heterocycles. The maximum Gasteiger partial charge on any atom is 0.123 e. The lowest BCUT2D eigenvalue weighted by molar-refractivity contribution is -0.0527. The molecule has 0 spiro atoms. The first-order valence-corrected chi connectivity index (χ1v) is 6.98. The molecule has 0 aliphatic carbocycles. The number of halogens is 1. The molecule has 3 atom stereocenters. The van der Waals surface area contributed by atoms with Gasteiger partial charge in [0.15, 0.2) is 0 Å². The number of benzene rings is 1. The number of morpholine rings is 1. The van der Waals surface area contributed by atoms with E-state index in [1.54, 1.807) is 12.1 Å². The van der Waals surface area contributed by atoms with Gasteiger partial charge < -0.3 is 10.5 Å². The highest BCUT2D eigenvalue weighted by molar-refractivity contribution is 5.20. The van der Waals surface area contributed by atoms with E-state index in [2.05, 4.69) is 11.8 Å². The van der Waals surface area contributed by atoms with Crippen LogP contribution in [0, 0.1) is 5.82 Å². The van der Waals surface area contributed by atoms with E-state index in [1.807, 2.05) is 13.0 Å². The molecule has 1 aliphatic heterocycles. The lowest BCUT2D eigenvalue weighted by atomic mass is 10.0. The van der Waals surface area contributed by atoms with E-state index >= 15 is 0 Å². The summed E-state index contributed by atoms with van der Waals surface area (Å²) in [6.45, 7) is 6.48. The standard InChI is InChI=1S/C15H23FN2O/c1-3-14(12-5-4-6-13(16)9-12)18-7-8-19-15(10-18)11(2)17/h4-6,9,11,14-15H,3,7-8,10,17H2,1-2H3. The summed E-state index contributed by atoms with van der Waals surface area (Å²) in [6.07, 6.45) is 1.02. The van der Waals surface area contributed by atoms with Crippen molar-refractivity contribution in [3.05, 3.63) is 35.6 Å². The number of hydrogen-bond acceptors (Lipinski definition) is 3. The average Bonchev–Trinajstić information content (AvgIpc) is 2.40. The molecule has 1 aromatic carbocycles. The second-order valence-corrected chi connectivity index (χ2v) is 5.24. The second-order valence-electron chi connectivity index (χ2n) is 5.24. The molecule has 1 aliphatic rings. The molecule has 19 heavy (non-hydrogen) atoms. The third-order valence-corrected chi connectivity index (χ3v) is 3.77. The van der Waals surface area contributed by atoms with Gasteiger partial charge in [-0.2, -0.15) is 0 Å². The van der Waals surface area contributed by atoms with Gasteiger partial charge in [-0.15, -0.1) is 0 Å². The van der Waals surface area contributed by atoms with E-state index in [-0.39, 0.29) is 24.0 Å². The molecule has 1 aromatic rings. The Kier molecular flexibility index (Phi) is 4.91. The molecule has 0 amide bonds. The molecule has 0 radical (unpaired) electrons. The second kappa shape index (κ2) is 6.46. The number of nitrogens with two attached hydrogens (primary N) is 1. The van der Waals surface area contributed by atoms with Crippen LogP contribution in [0.15, 0.2) is 24.3 Å². The van der Waals surface area contributed by atoms with Crippen LogP contribution in [0.4, 0.5) is 4.39 Å². The van der Waals surface area contributed by atoms with Crippen molar-refractivity contribution in [3.8, 4) is 0 Å². The summed E-state index contributed by atoms with van der Waals surface area (Å²) >= 11 is 0. The van der Waals surface area contributed by atoms with E-state index in [0.717, 1.165) is 25.1 Å². The Labute approximate surface area is 114 Å². The van der Waals surface area contributed by atoms with Crippen molar-refractivity contribution in [1.82, 2.24) is 4.90 Å². The van der Waals surface area contributed by atoms with Crippen LogP contribution >= 0.6 is 0 Å². The number of nitrogens with zero attached hydrogens (tertiary/aromatic N) is 1. The molecule has 2 rings (SSSR count). The minimum absolute atomic E-state index is 0.0211.